The predicted molar refractivity (Wildman–Crippen MR) is 76.7 cm³/mol. The average Bonchev–Trinajstić information content (AvgIpc) is 2.77. The first kappa shape index (κ1) is 14.8. The van der Waals surface area contributed by atoms with Crippen LogP contribution in [0.3, 0.4) is 0 Å². The minimum absolute atomic E-state index is 0.0816. The molecule has 20 heavy (non-hydrogen) atoms. The summed E-state index contributed by atoms with van der Waals surface area (Å²) in [5.41, 5.74) is 0.598. The van der Waals surface area contributed by atoms with E-state index in [-0.39, 0.29) is 30.0 Å². The topological polar surface area (TPSA) is 84.5 Å². The maximum absolute atomic E-state index is 11.8. The van der Waals surface area contributed by atoms with E-state index in [2.05, 4.69) is 10.6 Å². The minimum atomic E-state index is -2.93. The van der Waals surface area contributed by atoms with Crippen molar-refractivity contribution in [1.29, 1.82) is 0 Å². The average molecular weight is 298 g/mol. The molecular formula is C13H18N2O4S. The van der Waals surface area contributed by atoms with Crippen molar-refractivity contribution in [2.45, 2.75) is 12.5 Å². The van der Waals surface area contributed by atoms with Gasteiger partial charge >= 0.3 is 0 Å². The number of sulfone groups is 1. The molecule has 1 amide bonds. The molecule has 1 fully saturated rings. The molecule has 1 unspecified atom stereocenters. The van der Waals surface area contributed by atoms with Crippen LogP contribution in [0, 0.1) is 0 Å². The molecule has 0 aliphatic carbocycles. The van der Waals surface area contributed by atoms with Gasteiger partial charge in [0.1, 0.15) is 5.75 Å². The molecule has 1 aliphatic heterocycles. The first-order chi connectivity index (χ1) is 9.50. The second-order valence-electron chi connectivity index (χ2n) is 4.73. The lowest BCUT2D eigenvalue weighted by molar-refractivity contribution is -0.115. The van der Waals surface area contributed by atoms with Gasteiger partial charge in [0.05, 0.1) is 30.8 Å². The highest BCUT2D eigenvalue weighted by Gasteiger charge is 2.27. The molecule has 2 N–H and O–H groups in total. The van der Waals surface area contributed by atoms with Crippen LogP contribution in [-0.2, 0) is 14.6 Å². The lowest BCUT2D eigenvalue weighted by atomic mass is 10.2. The van der Waals surface area contributed by atoms with Gasteiger partial charge in [0, 0.05) is 6.04 Å². The summed E-state index contributed by atoms with van der Waals surface area (Å²) in [6, 6.07) is 6.98. The van der Waals surface area contributed by atoms with Crippen molar-refractivity contribution in [3.05, 3.63) is 24.3 Å². The fourth-order valence-corrected chi connectivity index (χ4v) is 3.84. The zero-order valence-electron chi connectivity index (χ0n) is 11.3. The Bertz CT molecular complexity index is 586. The Labute approximate surface area is 118 Å². The monoisotopic (exact) mass is 298 g/mol. The van der Waals surface area contributed by atoms with Crippen LogP contribution in [0.1, 0.15) is 6.42 Å². The largest absolute Gasteiger partial charge is 0.495 e. The second-order valence-corrected chi connectivity index (χ2v) is 6.96. The highest BCUT2D eigenvalue weighted by molar-refractivity contribution is 7.91. The molecule has 0 bridgehead atoms. The fourth-order valence-electron chi connectivity index (χ4n) is 2.14. The van der Waals surface area contributed by atoms with E-state index in [1.54, 1.807) is 18.2 Å². The Kier molecular flexibility index (Phi) is 4.61. The van der Waals surface area contributed by atoms with Crippen LogP contribution in [0.2, 0.25) is 0 Å². The Balaban J connectivity index is 1.84. The summed E-state index contributed by atoms with van der Waals surface area (Å²) in [5.74, 6) is 0.663. The SMILES string of the molecule is COc1ccccc1NC(=O)CNC1CCS(=O)(=O)C1. The van der Waals surface area contributed by atoms with E-state index in [9.17, 15) is 13.2 Å². The minimum Gasteiger partial charge on any atom is -0.495 e. The quantitative estimate of drug-likeness (QED) is 0.822. The number of hydrogen-bond donors (Lipinski definition) is 2. The van der Waals surface area contributed by atoms with E-state index >= 15 is 0 Å². The predicted octanol–water partition coefficient (Wildman–Crippen LogP) is 0.410. The Morgan fingerprint density at radius 3 is 2.80 bits per heavy atom. The molecule has 110 valence electrons. The van der Waals surface area contributed by atoms with Crippen molar-refractivity contribution >= 4 is 21.4 Å². The van der Waals surface area contributed by atoms with Gasteiger partial charge in [-0.15, -0.1) is 0 Å². The number of ether oxygens (including phenoxy) is 1. The number of nitrogens with one attached hydrogen (secondary N) is 2. The van der Waals surface area contributed by atoms with E-state index in [1.807, 2.05) is 6.07 Å². The van der Waals surface area contributed by atoms with Gasteiger partial charge in [-0.1, -0.05) is 12.1 Å². The molecule has 1 saturated heterocycles. The molecule has 1 aliphatic rings. The first-order valence-electron chi connectivity index (χ1n) is 6.37. The van der Waals surface area contributed by atoms with Gasteiger partial charge in [0.25, 0.3) is 0 Å². The number of benzene rings is 1. The summed E-state index contributed by atoms with van der Waals surface area (Å²) in [6.45, 7) is 0.0816. The van der Waals surface area contributed by atoms with Crippen LogP contribution in [-0.4, -0.2) is 45.5 Å². The summed E-state index contributed by atoms with van der Waals surface area (Å²) < 4.78 is 27.7. The number of carbonyl (C=O) groups excluding carboxylic acids is 1. The number of hydrogen-bond acceptors (Lipinski definition) is 5. The van der Waals surface area contributed by atoms with Crippen molar-refractivity contribution in [1.82, 2.24) is 5.32 Å². The molecule has 2 rings (SSSR count). The second kappa shape index (κ2) is 6.23. The van der Waals surface area contributed by atoms with Crippen LogP contribution >= 0.6 is 0 Å². The highest BCUT2D eigenvalue weighted by atomic mass is 32.2. The van der Waals surface area contributed by atoms with Gasteiger partial charge in [-0.3, -0.25) is 4.79 Å². The Hall–Kier alpha value is -1.60. The maximum Gasteiger partial charge on any atom is 0.238 e. The van der Waals surface area contributed by atoms with Crippen LogP contribution < -0.4 is 15.4 Å². The molecule has 1 aromatic carbocycles. The molecule has 7 heteroatoms. The first-order valence-corrected chi connectivity index (χ1v) is 8.19. The highest BCUT2D eigenvalue weighted by Crippen LogP contribution is 2.22. The third-order valence-electron chi connectivity index (χ3n) is 3.16. The molecule has 0 aromatic heterocycles. The van der Waals surface area contributed by atoms with Gasteiger partial charge < -0.3 is 15.4 Å². The number of para-hydroxylation sites is 2. The number of rotatable bonds is 5. The van der Waals surface area contributed by atoms with Gasteiger partial charge in [0.2, 0.25) is 5.91 Å². The van der Waals surface area contributed by atoms with Crippen molar-refractivity contribution in [2.24, 2.45) is 0 Å². The molecule has 0 radical (unpaired) electrons. The summed E-state index contributed by atoms with van der Waals surface area (Å²) >= 11 is 0. The van der Waals surface area contributed by atoms with Crippen molar-refractivity contribution < 1.29 is 17.9 Å². The van der Waals surface area contributed by atoms with E-state index in [0.717, 1.165) is 0 Å². The number of amides is 1. The summed E-state index contributed by atoms with van der Waals surface area (Å²) in [4.78, 5) is 11.8. The number of carbonyl (C=O) groups is 1. The summed E-state index contributed by atoms with van der Waals surface area (Å²) in [6.07, 6.45) is 0.560. The van der Waals surface area contributed by atoms with Crippen LogP contribution in [0.25, 0.3) is 0 Å². The van der Waals surface area contributed by atoms with Crippen molar-refractivity contribution in [2.75, 3.05) is 30.5 Å². The zero-order chi connectivity index (χ0) is 14.6. The van der Waals surface area contributed by atoms with E-state index in [0.29, 0.717) is 17.9 Å². The van der Waals surface area contributed by atoms with E-state index < -0.39 is 9.84 Å². The molecule has 0 saturated carbocycles. The molecule has 1 aromatic rings. The normalized spacial score (nSPS) is 20.6. The molecule has 0 spiro atoms. The molecule has 1 atom stereocenters. The van der Waals surface area contributed by atoms with Gasteiger partial charge in [-0.2, -0.15) is 0 Å². The van der Waals surface area contributed by atoms with Crippen molar-refractivity contribution in [3.8, 4) is 5.75 Å². The van der Waals surface area contributed by atoms with Crippen molar-refractivity contribution in [3.63, 3.8) is 0 Å². The lowest BCUT2D eigenvalue weighted by Crippen LogP contribution is -2.36. The van der Waals surface area contributed by atoms with Gasteiger partial charge in [-0.05, 0) is 18.6 Å². The van der Waals surface area contributed by atoms with Crippen LogP contribution in [0.5, 0.6) is 5.75 Å². The Morgan fingerprint density at radius 1 is 1.40 bits per heavy atom. The van der Waals surface area contributed by atoms with E-state index in [1.165, 1.54) is 7.11 Å². The third-order valence-corrected chi connectivity index (χ3v) is 4.93. The summed E-state index contributed by atoms with van der Waals surface area (Å²) in [7, 11) is -1.39. The standard InChI is InChI=1S/C13H18N2O4S/c1-19-12-5-3-2-4-11(12)15-13(16)8-14-10-6-7-20(17,18)9-10/h2-5,10,14H,6-9H2,1H3,(H,15,16). The number of anilines is 1. The Morgan fingerprint density at radius 2 is 2.15 bits per heavy atom. The number of methoxy groups -OCH3 is 1. The van der Waals surface area contributed by atoms with Crippen LogP contribution in [0.4, 0.5) is 5.69 Å². The third kappa shape index (κ3) is 3.94. The smallest absolute Gasteiger partial charge is 0.238 e. The zero-order valence-corrected chi connectivity index (χ0v) is 12.1. The molecular weight excluding hydrogens is 280 g/mol. The van der Waals surface area contributed by atoms with Gasteiger partial charge in [-0.25, -0.2) is 8.42 Å². The van der Waals surface area contributed by atoms with Crippen LogP contribution in [0.15, 0.2) is 24.3 Å². The fraction of sp³-hybridized carbons (Fsp3) is 0.462. The molecule has 1 heterocycles. The van der Waals surface area contributed by atoms with Gasteiger partial charge in [0.15, 0.2) is 9.84 Å². The van der Waals surface area contributed by atoms with E-state index in [4.69, 9.17) is 4.74 Å². The maximum atomic E-state index is 11.8. The lowest BCUT2D eigenvalue weighted by Gasteiger charge is -2.12. The molecule has 6 nitrogen and oxygen atoms in total. The summed E-state index contributed by atoms with van der Waals surface area (Å²) in [5, 5.41) is 5.69.